The van der Waals surface area contributed by atoms with E-state index in [1.807, 2.05) is 6.26 Å². The van der Waals surface area contributed by atoms with Crippen LogP contribution in [0.4, 0.5) is 0 Å². The van der Waals surface area contributed by atoms with Gasteiger partial charge in [-0.2, -0.15) is 23.5 Å². The highest BCUT2D eigenvalue weighted by Gasteiger charge is 1.95. The second-order valence-corrected chi connectivity index (χ2v) is 4.11. The molecular weight excluding hydrogens is 264 g/mol. The molecule has 0 fully saturated rings. The van der Waals surface area contributed by atoms with Gasteiger partial charge < -0.3 is 14.9 Å². The van der Waals surface area contributed by atoms with Gasteiger partial charge in [-0.15, -0.1) is 0 Å². The quantitative estimate of drug-likeness (QED) is 0.738. The first-order valence-corrected chi connectivity index (χ1v) is 7.74. The van der Waals surface area contributed by atoms with Crippen LogP contribution in [-0.4, -0.2) is 59.4 Å². The fourth-order valence-corrected chi connectivity index (χ4v) is 1.01. The average Bonchev–Trinajstić information content (AvgIpc) is 2.20. The summed E-state index contributed by atoms with van der Waals surface area (Å²) < 4.78 is 4.62. The lowest BCUT2D eigenvalue weighted by Gasteiger charge is -1.96. The van der Waals surface area contributed by atoms with E-state index in [9.17, 15) is 9.59 Å². The molecular formula is C10H22O5S2. The van der Waals surface area contributed by atoms with E-state index in [2.05, 4.69) is 4.74 Å². The van der Waals surface area contributed by atoms with Gasteiger partial charge in [0.15, 0.2) is 0 Å². The molecule has 0 atom stereocenters. The van der Waals surface area contributed by atoms with Crippen LogP contribution in [0, 0.1) is 0 Å². The Hall–Kier alpha value is -0.400. The molecule has 0 spiro atoms. The Morgan fingerprint density at radius 1 is 1.12 bits per heavy atom. The molecule has 0 aliphatic rings. The maximum absolute atomic E-state index is 10.4. The SMILES string of the molecule is CCO.CCOC(=O)CSC.CSCC(=O)O. The molecule has 0 rings (SSSR count). The van der Waals surface area contributed by atoms with E-state index in [-0.39, 0.29) is 18.3 Å². The summed E-state index contributed by atoms with van der Waals surface area (Å²) in [6, 6.07) is 0. The van der Waals surface area contributed by atoms with Gasteiger partial charge in [0.25, 0.3) is 0 Å². The van der Waals surface area contributed by atoms with Crippen LogP contribution in [0.15, 0.2) is 0 Å². The summed E-state index contributed by atoms with van der Waals surface area (Å²) in [7, 11) is 0. The first-order chi connectivity index (χ1) is 7.99. The van der Waals surface area contributed by atoms with Crippen molar-refractivity contribution in [2.75, 3.05) is 37.2 Å². The van der Waals surface area contributed by atoms with Crippen molar-refractivity contribution >= 4 is 35.5 Å². The number of thioether (sulfide) groups is 2. The monoisotopic (exact) mass is 286 g/mol. The number of esters is 1. The Morgan fingerprint density at radius 2 is 1.53 bits per heavy atom. The third-order valence-corrected chi connectivity index (χ3v) is 1.90. The number of carboxylic acid groups (broad SMARTS) is 1. The van der Waals surface area contributed by atoms with Gasteiger partial charge in [0.1, 0.15) is 0 Å². The summed E-state index contributed by atoms with van der Waals surface area (Å²) in [4.78, 5) is 20.0. The third-order valence-electron chi connectivity index (χ3n) is 0.835. The number of aliphatic hydroxyl groups is 1. The van der Waals surface area contributed by atoms with Crippen LogP contribution < -0.4 is 0 Å². The summed E-state index contributed by atoms with van der Waals surface area (Å²) in [5, 5.41) is 15.5. The molecule has 17 heavy (non-hydrogen) atoms. The van der Waals surface area contributed by atoms with Crippen LogP contribution in [0.3, 0.4) is 0 Å². The molecule has 0 unspecified atom stereocenters. The van der Waals surface area contributed by atoms with Crippen LogP contribution in [0.1, 0.15) is 13.8 Å². The van der Waals surface area contributed by atoms with Gasteiger partial charge >= 0.3 is 11.9 Å². The number of carboxylic acids is 1. The Labute approximate surface area is 111 Å². The van der Waals surface area contributed by atoms with Crippen molar-refractivity contribution in [3.63, 3.8) is 0 Å². The third kappa shape index (κ3) is 39.0. The molecule has 0 radical (unpaired) electrons. The molecule has 0 aromatic rings. The minimum absolute atomic E-state index is 0.125. The van der Waals surface area contributed by atoms with E-state index >= 15 is 0 Å². The summed E-state index contributed by atoms with van der Waals surface area (Å²) in [6.45, 7) is 4.22. The minimum atomic E-state index is -0.748. The predicted octanol–water partition coefficient (Wildman–Crippen LogP) is 1.35. The second-order valence-electron chi connectivity index (χ2n) is 2.38. The van der Waals surface area contributed by atoms with E-state index in [1.165, 1.54) is 23.5 Å². The molecule has 0 amide bonds. The van der Waals surface area contributed by atoms with E-state index in [1.54, 1.807) is 20.1 Å². The maximum Gasteiger partial charge on any atom is 0.315 e. The number of aliphatic hydroxyl groups excluding tert-OH is 1. The molecule has 104 valence electrons. The Kier molecular flexibility index (Phi) is 26.9. The Morgan fingerprint density at radius 3 is 1.71 bits per heavy atom. The summed E-state index contributed by atoms with van der Waals surface area (Å²) >= 11 is 2.79. The summed E-state index contributed by atoms with van der Waals surface area (Å²) in [5.74, 6) is -0.198. The summed E-state index contributed by atoms with van der Waals surface area (Å²) in [5.41, 5.74) is 0. The standard InChI is InChI=1S/C5H10O2S.C3H6O2S.C2H6O/c1-3-7-5(6)4-8-2;1-6-2-3(4)5;1-2-3/h3-4H2,1-2H3;2H2,1H3,(H,4,5);3H,2H2,1H3. The van der Waals surface area contributed by atoms with E-state index in [4.69, 9.17) is 10.2 Å². The van der Waals surface area contributed by atoms with Crippen molar-refractivity contribution in [2.45, 2.75) is 13.8 Å². The zero-order chi connectivity index (χ0) is 14.1. The van der Waals surface area contributed by atoms with Crippen LogP contribution in [0.2, 0.25) is 0 Å². The lowest BCUT2D eigenvalue weighted by molar-refractivity contribution is -0.140. The smallest absolute Gasteiger partial charge is 0.315 e. The van der Waals surface area contributed by atoms with Crippen molar-refractivity contribution in [1.82, 2.24) is 0 Å². The van der Waals surface area contributed by atoms with E-state index in [0.29, 0.717) is 12.4 Å². The highest BCUT2D eigenvalue weighted by Crippen LogP contribution is 1.91. The van der Waals surface area contributed by atoms with Crippen molar-refractivity contribution in [1.29, 1.82) is 0 Å². The van der Waals surface area contributed by atoms with Gasteiger partial charge in [-0.3, -0.25) is 9.59 Å². The topological polar surface area (TPSA) is 83.8 Å². The van der Waals surface area contributed by atoms with Gasteiger partial charge in [0.2, 0.25) is 0 Å². The zero-order valence-electron chi connectivity index (χ0n) is 10.8. The van der Waals surface area contributed by atoms with E-state index in [0.717, 1.165) is 0 Å². The zero-order valence-corrected chi connectivity index (χ0v) is 12.4. The van der Waals surface area contributed by atoms with Crippen molar-refractivity contribution in [3.05, 3.63) is 0 Å². The molecule has 0 saturated carbocycles. The molecule has 0 saturated heterocycles. The number of hydrogen-bond acceptors (Lipinski definition) is 6. The molecule has 0 aliphatic heterocycles. The molecule has 0 aromatic carbocycles. The highest BCUT2D eigenvalue weighted by molar-refractivity contribution is 7.99. The van der Waals surface area contributed by atoms with Gasteiger partial charge in [0, 0.05) is 6.61 Å². The van der Waals surface area contributed by atoms with Crippen LogP contribution >= 0.6 is 23.5 Å². The van der Waals surface area contributed by atoms with Gasteiger partial charge in [0.05, 0.1) is 18.1 Å². The van der Waals surface area contributed by atoms with Gasteiger partial charge in [-0.25, -0.2) is 0 Å². The molecule has 0 bridgehead atoms. The number of rotatable bonds is 5. The molecule has 7 heteroatoms. The number of carbonyl (C=O) groups excluding carboxylic acids is 1. The predicted molar refractivity (Wildman–Crippen MR) is 73.8 cm³/mol. The summed E-state index contributed by atoms with van der Waals surface area (Å²) in [6.07, 6.45) is 3.63. The first kappa shape index (κ1) is 21.8. The van der Waals surface area contributed by atoms with Crippen molar-refractivity contribution in [3.8, 4) is 0 Å². The minimum Gasteiger partial charge on any atom is -0.481 e. The average molecular weight is 286 g/mol. The fraction of sp³-hybridized carbons (Fsp3) is 0.800. The molecule has 2 N–H and O–H groups in total. The van der Waals surface area contributed by atoms with Crippen LogP contribution in [0.25, 0.3) is 0 Å². The highest BCUT2D eigenvalue weighted by atomic mass is 32.2. The fourth-order valence-electron chi connectivity index (χ4n) is 0.444. The number of ether oxygens (including phenoxy) is 1. The molecule has 0 aliphatic carbocycles. The molecule has 0 heterocycles. The molecule has 5 nitrogen and oxygen atoms in total. The number of aliphatic carboxylic acids is 1. The van der Waals surface area contributed by atoms with Gasteiger partial charge in [-0.05, 0) is 26.4 Å². The lowest BCUT2D eigenvalue weighted by atomic mass is 10.8. The Bertz CT molecular complexity index is 168. The second kappa shape index (κ2) is 20.9. The number of carbonyl (C=O) groups is 2. The number of hydrogen-bond donors (Lipinski definition) is 2. The van der Waals surface area contributed by atoms with Crippen LogP contribution in [0.5, 0.6) is 0 Å². The van der Waals surface area contributed by atoms with Gasteiger partial charge in [-0.1, -0.05) is 0 Å². The largest absolute Gasteiger partial charge is 0.481 e. The van der Waals surface area contributed by atoms with Crippen molar-refractivity contribution < 1.29 is 24.5 Å². The maximum atomic E-state index is 10.4. The molecule has 0 aromatic heterocycles. The van der Waals surface area contributed by atoms with Crippen molar-refractivity contribution in [2.24, 2.45) is 0 Å². The van der Waals surface area contributed by atoms with Crippen LogP contribution in [-0.2, 0) is 14.3 Å². The first-order valence-electron chi connectivity index (χ1n) is 4.96. The Balaban J connectivity index is -0.000000193. The van der Waals surface area contributed by atoms with E-state index < -0.39 is 5.97 Å². The normalized spacial score (nSPS) is 8.06. The lowest BCUT2D eigenvalue weighted by Crippen LogP contribution is -2.05.